The van der Waals surface area contributed by atoms with Gasteiger partial charge in [-0.15, -0.1) is 0 Å². The van der Waals surface area contributed by atoms with E-state index in [1.807, 2.05) is 50.2 Å². The highest BCUT2D eigenvalue weighted by Crippen LogP contribution is 2.20. The molecular formula is C23H24N2O4S. The summed E-state index contributed by atoms with van der Waals surface area (Å²) in [5, 5.41) is 2.81. The summed E-state index contributed by atoms with van der Waals surface area (Å²) in [5.74, 6) is 0.379. The number of carbonyl (C=O) groups is 1. The summed E-state index contributed by atoms with van der Waals surface area (Å²) in [6, 6.07) is 20.5. The van der Waals surface area contributed by atoms with Crippen molar-refractivity contribution in [2.75, 3.05) is 11.3 Å². The van der Waals surface area contributed by atoms with Crippen LogP contribution < -0.4 is 14.8 Å². The molecule has 0 heterocycles. The number of benzene rings is 3. The molecule has 7 heteroatoms. The Hall–Kier alpha value is -3.32. The maximum Gasteiger partial charge on any atom is 0.261 e. The molecule has 30 heavy (non-hydrogen) atoms. The highest BCUT2D eigenvalue weighted by Gasteiger charge is 2.17. The third-order valence-electron chi connectivity index (χ3n) is 4.46. The van der Waals surface area contributed by atoms with Gasteiger partial charge in [0.25, 0.3) is 15.9 Å². The Labute approximate surface area is 177 Å². The SMILES string of the molecule is CCOc1cccc(CNC(=O)c2cccc(S(=O)(=O)Nc3ccccc3C)c2)c1. The van der Waals surface area contributed by atoms with E-state index in [0.717, 1.165) is 16.9 Å². The van der Waals surface area contributed by atoms with E-state index in [2.05, 4.69) is 10.0 Å². The first-order chi connectivity index (χ1) is 14.4. The van der Waals surface area contributed by atoms with Crippen molar-refractivity contribution in [3.63, 3.8) is 0 Å². The maximum atomic E-state index is 12.8. The zero-order valence-corrected chi connectivity index (χ0v) is 17.7. The molecule has 6 nitrogen and oxygen atoms in total. The minimum Gasteiger partial charge on any atom is -0.494 e. The van der Waals surface area contributed by atoms with Gasteiger partial charge in [-0.2, -0.15) is 0 Å². The minimum absolute atomic E-state index is 0.0248. The van der Waals surface area contributed by atoms with Gasteiger partial charge in [-0.1, -0.05) is 36.4 Å². The molecule has 3 rings (SSSR count). The van der Waals surface area contributed by atoms with Crippen LogP contribution in [0.15, 0.2) is 77.7 Å². The van der Waals surface area contributed by atoms with E-state index < -0.39 is 10.0 Å². The van der Waals surface area contributed by atoms with Crippen LogP contribution in [0.3, 0.4) is 0 Å². The quantitative estimate of drug-likeness (QED) is 0.570. The lowest BCUT2D eigenvalue weighted by atomic mass is 10.2. The number of ether oxygens (including phenoxy) is 1. The van der Waals surface area contributed by atoms with Crippen LogP contribution in [0.1, 0.15) is 28.4 Å². The average molecular weight is 425 g/mol. The second kappa shape index (κ2) is 9.45. The lowest BCUT2D eigenvalue weighted by Crippen LogP contribution is -2.23. The molecule has 0 spiro atoms. The number of aryl methyl sites for hydroxylation is 1. The van der Waals surface area contributed by atoms with Gasteiger partial charge in [0.15, 0.2) is 0 Å². The van der Waals surface area contributed by atoms with Crippen LogP contribution in [-0.4, -0.2) is 20.9 Å². The van der Waals surface area contributed by atoms with E-state index in [-0.39, 0.29) is 16.4 Å². The van der Waals surface area contributed by atoms with Crippen LogP contribution in [-0.2, 0) is 16.6 Å². The molecule has 0 bridgehead atoms. The Balaban J connectivity index is 1.72. The van der Waals surface area contributed by atoms with Crippen molar-refractivity contribution in [3.05, 3.63) is 89.5 Å². The predicted molar refractivity (Wildman–Crippen MR) is 117 cm³/mol. The zero-order valence-electron chi connectivity index (χ0n) is 16.9. The number of amides is 1. The van der Waals surface area contributed by atoms with E-state index in [1.54, 1.807) is 24.3 Å². The van der Waals surface area contributed by atoms with Crippen LogP contribution in [0.4, 0.5) is 5.69 Å². The first kappa shape index (κ1) is 21.4. The molecule has 0 unspecified atom stereocenters. The molecule has 0 saturated carbocycles. The molecule has 3 aromatic carbocycles. The summed E-state index contributed by atoms with van der Waals surface area (Å²) in [6.45, 7) is 4.59. The molecule has 0 radical (unpaired) electrons. The molecule has 0 saturated heterocycles. The fourth-order valence-corrected chi connectivity index (χ4v) is 4.07. The predicted octanol–water partition coefficient (Wildman–Crippen LogP) is 4.12. The third kappa shape index (κ3) is 5.39. The van der Waals surface area contributed by atoms with Crippen molar-refractivity contribution in [2.24, 2.45) is 0 Å². The standard InChI is InChI=1S/C23H24N2O4S/c1-3-29-20-11-6-9-18(14-20)16-24-23(26)19-10-7-12-21(15-19)30(27,28)25-22-13-5-4-8-17(22)2/h4-15,25H,3,16H2,1-2H3,(H,24,26). The average Bonchev–Trinajstić information content (AvgIpc) is 2.74. The van der Waals surface area contributed by atoms with Crippen LogP contribution in [0.2, 0.25) is 0 Å². The molecular weight excluding hydrogens is 400 g/mol. The number of para-hydroxylation sites is 1. The minimum atomic E-state index is -3.82. The molecule has 3 aromatic rings. The van der Waals surface area contributed by atoms with Crippen LogP contribution in [0.5, 0.6) is 5.75 Å². The van der Waals surface area contributed by atoms with Crippen molar-refractivity contribution >= 4 is 21.6 Å². The van der Waals surface area contributed by atoms with Crippen LogP contribution >= 0.6 is 0 Å². The van der Waals surface area contributed by atoms with E-state index in [0.29, 0.717) is 18.8 Å². The third-order valence-corrected chi connectivity index (χ3v) is 5.82. The monoisotopic (exact) mass is 424 g/mol. The van der Waals surface area contributed by atoms with Crippen LogP contribution in [0.25, 0.3) is 0 Å². The fourth-order valence-electron chi connectivity index (χ4n) is 2.89. The Bertz CT molecular complexity index is 1140. The second-order valence-corrected chi connectivity index (χ2v) is 8.39. The molecule has 0 aromatic heterocycles. The summed E-state index contributed by atoms with van der Waals surface area (Å²) in [7, 11) is -3.82. The van der Waals surface area contributed by atoms with E-state index in [9.17, 15) is 13.2 Å². The second-order valence-electron chi connectivity index (χ2n) is 6.71. The molecule has 0 aliphatic heterocycles. The topological polar surface area (TPSA) is 84.5 Å². The molecule has 1 amide bonds. The fraction of sp³-hybridized carbons (Fsp3) is 0.174. The first-order valence-electron chi connectivity index (χ1n) is 9.57. The van der Waals surface area contributed by atoms with Gasteiger partial charge in [-0.25, -0.2) is 8.42 Å². The van der Waals surface area contributed by atoms with Crippen molar-refractivity contribution in [3.8, 4) is 5.75 Å². The van der Waals surface area contributed by atoms with Gasteiger partial charge in [-0.05, 0) is 61.4 Å². The van der Waals surface area contributed by atoms with Gasteiger partial charge >= 0.3 is 0 Å². The lowest BCUT2D eigenvalue weighted by Gasteiger charge is -2.12. The summed E-state index contributed by atoms with van der Waals surface area (Å²) in [5.41, 5.74) is 2.47. The summed E-state index contributed by atoms with van der Waals surface area (Å²) < 4.78 is 33.5. The molecule has 0 aliphatic rings. The summed E-state index contributed by atoms with van der Waals surface area (Å²) in [4.78, 5) is 12.6. The summed E-state index contributed by atoms with van der Waals surface area (Å²) in [6.07, 6.45) is 0. The van der Waals surface area contributed by atoms with Gasteiger partial charge < -0.3 is 10.1 Å². The number of carbonyl (C=O) groups excluding carboxylic acids is 1. The molecule has 156 valence electrons. The van der Waals surface area contributed by atoms with Gasteiger partial charge in [0.05, 0.1) is 17.2 Å². The number of sulfonamides is 1. The number of anilines is 1. The zero-order chi connectivity index (χ0) is 21.6. The Morgan fingerprint density at radius 3 is 2.50 bits per heavy atom. The number of hydrogen-bond acceptors (Lipinski definition) is 4. The highest BCUT2D eigenvalue weighted by atomic mass is 32.2. The van der Waals surface area contributed by atoms with E-state index >= 15 is 0 Å². The number of hydrogen-bond donors (Lipinski definition) is 2. The molecule has 0 fully saturated rings. The highest BCUT2D eigenvalue weighted by molar-refractivity contribution is 7.92. The Kier molecular flexibility index (Phi) is 6.74. The maximum absolute atomic E-state index is 12.8. The Morgan fingerprint density at radius 2 is 1.73 bits per heavy atom. The molecule has 0 atom stereocenters. The largest absolute Gasteiger partial charge is 0.494 e. The van der Waals surface area contributed by atoms with Gasteiger partial charge in [0.2, 0.25) is 0 Å². The molecule has 0 aliphatic carbocycles. The van der Waals surface area contributed by atoms with E-state index in [4.69, 9.17) is 4.74 Å². The van der Waals surface area contributed by atoms with Gasteiger partial charge in [0, 0.05) is 12.1 Å². The molecule has 2 N–H and O–H groups in total. The van der Waals surface area contributed by atoms with Crippen molar-refractivity contribution in [2.45, 2.75) is 25.3 Å². The van der Waals surface area contributed by atoms with Crippen molar-refractivity contribution in [1.29, 1.82) is 0 Å². The smallest absolute Gasteiger partial charge is 0.261 e. The van der Waals surface area contributed by atoms with Gasteiger partial charge in [-0.3, -0.25) is 9.52 Å². The van der Waals surface area contributed by atoms with Crippen LogP contribution in [0, 0.1) is 6.92 Å². The number of nitrogens with one attached hydrogen (secondary N) is 2. The van der Waals surface area contributed by atoms with Gasteiger partial charge in [0.1, 0.15) is 5.75 Å². The first-order valence-corrected chi connectivity index (χ1v) is 11.1. The van der Waals surface area contributed by atoms with E-state index in [1.165, 1.54) is 12.1 Å². The van der Waals surface area contributed by atoms with Crippen molar-refractivity contribution < 1.29 is 17.9 Å². The van der Waals surface area contributed by atoms with Crippen molar-refractivity contribution in [1.82, 2.24) is 5.32 Å². The normalized spacial score (nSPS) is 11.0. The number of rotatable bonds is 8. The summed E-state index contributed by atoms with van der Waals surface area (Å²) >= 11 is 0. The lowest BCUT2D eigenvalue weighted by molar-refractivity contribution is 0.0950. The Morgan fingerprint density at radius 1 is 0.967 bits per heavy atom.